The van der Waals surface area contributed by atoms with Crippen LogP contribution in [0.3, 0.4) is 0 Å². The third-order valence-electron chi connectivity index (χ3n) is 4.73. The summed E-state index contributed by atoms with van der Waals surface area (Å²) >= 11 is 0. The molecule has 1 unspecified atom stereocenters. The molecule has 0 aliphatic rings. The van der Waals surface area contributed by atoms with Crippen LogP contribution in [-0.2, 0) is 19.1 Å². The van der Waals surface area contributed by atoms with Crippen LogP contribution in [0.4, 0.5) is 0 Å². The van der Waals surface area contributed by atoms with Crippen LogP contribution in [0.25, 0.3) is 0 Å². The van der Waals surface area contributed by atoms with Gasteiger partial charge >= 0.3 is 11.9 Å². The Kier molecular flexibility index (Phi) is 16.4. The number of carbonyl (C=O) groups excluding carboxylic acids is 2. The molecule has 27 heavy (non-hydrogen) atoms. The minimum atomic E-state index is -0.426. The lowest BCUT2D eigenvalue weighted by atomic mass is 10.0. The average molecular weight is 385 g/mol. The van der Waals surface area contributed by atoms with E-state index in [1.54, 1.807) is 6.92 Å². The third-order valence-corrected chi connectivity index (χ3v) is 4.73. The van der Waals surface area contributed by atoms with Crippen LogP contribution in [0.1, 0.15) is 105 Å². The molecule has 4 heteroatoms. The number of ether oxygens (including phenoxy) is 2. The van der Waals surface area contributed by atoms with Crippen molar-refractivity contribution < 1.29 is 19.1 Å². The summed E-state index contributed by atoms with van der Waals surface area (Å²) in [5.74, 6) is 0.505. The Morgan fingerprint density at radius 2 is 1.07 bits per heavy atom. The number of esters is 2. The van der Waals surface area contributed by atoms with Crippen molar-refractivity contribution in [3.63, 3.8) is 0 Å². The Balaban J connectivity index is 3.58. The first kappa shape index (κ1) is 25.9. The second kappa shape index (κ2) is 17.1. The fourth-order valence-electron chi connectivity index (χ4n) is 2.91. The van der Waals surface area contributed by atoms with Crippen molar-refractivity contribution in [3.05, 3.63) is 0 Å². The van der Waals surface area contributed by atoms with Gasteiger partial charge in [-0.25, -0.2) is 0 Å². The van der Waals surface area contributed by atoms with E-state index in [-0.39, 0.29) is 18.4 Å². The van der Waals surface area contributed by atoms with E-state index in [4.69, 9.17) is 9.47 Å². The van der Waals surface area contributed by atoms with Crippen molar-refractivity contribution in [1.29, 1.82) is 0 Å². The summed E-state index contributed by atoms with van der Waals surface area (Å²) in [5, 5.41) is 0. The van der Waals surface area contributed by atoms with Crippen molar-refractivity contribution in [2.24, 2.45) is 17.8 Å². The minimum absolute atomic E-state index is 0.112. The van der Waals surface area contributed by atoms with Crippen LogP contribution in [-0.4, -0.2) is 25.2 Å². The van der Waals surface area contributed by atoms with Crippen LogP contribution < -0.4 is 0 Å². The molecule has 0 fully saturated rings. The lowest BCUT2D eigenvalue weighted by Gasteiger charge is -2.11. The van der Waals surface area contributed by atoms with Crippen LogP contribution >= 0.6 is 0 Å². The van der Waals surface area contributed by atoms with Gasteiger partial charge in [-0.1, -0.05) is 86.0 Å². The van der Waals surface area contributed by atoms with Gasteiger partial charge in [0.15, 0.2) is 0 Å². The predicted octanol–water partition coefficient (Wildman–Crippen LogP) is 6.31. The lowest BCUT2D eigenvalue weighted by molar-refractivity contribution is -0.154. The summed E-state index contributed by atoms with van der Waals surface area (Å²) in [6.07, 6.45) is 11.5. The van der Waals surface area contributed by atoms with Gasteiger partial charge in [0.2, 0.25) is 0 Å². The van der Waals surface area contributed by atoms with E-state index in [1.807, 2.05) is 0 Å². The molecule has 4 nitrogen and oxygen atoms in total. The highest BCUT2D eigenvalue weighted by molar-refractivity contribution is 5.79. The van der Waals surface area contributed by atoms with Gasteiger partial charge in [0.25, 0.3) is 0 Å². The highest BCUT2D eigenvalue weighted by Crippen LogP contribution is 2.12. The zero-order valence-corrected chi connectivity index (χ0v) is 18.6. The van der Waals surface area contributed by atoms with Gasteiger partial charge in [-0.3, -0.25) is 9.59 Å². The summed E-state index contributed by atoms with van der Waals surface area (Å²) < 4.78 is 10.5. The number of carbonyl (C=O) groups is 2. The van der Waals surface area contributed by atoms with Gasteiger partial charge in [-0.05, 0) is 24.7 Å². The molecule has 0 rings (SSSR count). The maximum atomic E-state index is 11.9. The maximum absolute atomic E-state index is 11.9. The van der Waals surface area contributed by atoms with Crippen LogP contribution in [0, 0.1) is 17.8 Å². The lowest BCUT2D eigenvalue weighted by Crippen LogP contribution is -2.20. The molecule has 0 saturated carbocycles. The molecule has 0 aromatic rings. The smallest absolute Gasteiger partial charge is 0.309 e. The highest BCUT2D eigenvalue weighted by Gasteiger charge is 2.19. The standard InChI is InChI=1S/C23H44O4/c1-19(2)14-10-6-8-12-16-26-22(24)18-21(5)23(25)27-17-13-9-7-11-15-20(3)4/h19-21H,6-18H2,1-5H3. The third kappa shape index (κ3) is 18.1. The number of rotatable bonds is 17. The zero-order valence-electron chi connectivity index (χ0n) is 18.6. The normalized spacial score (nSPS) is 12.4. The molecular weight excluding hydrogens is 340 g/mol. The van der Waals surface area contributed by atoms with Gasteiger partial charge in [-0.2, -0.15) is 0 Å². The molecule has 1 atom stereocenters. The molecule has 0 N–H and O–H groups in total. The minimum Gasteiger partial charge on any atom is -0.466 e. The highest BCUT2D eigenvalue weighted by atomic mass is 16.5. The molecule has 0 aliphatic heterocycles. The Bertz CT molecular complexity index is 377. The molecule has 0 spiro atoms. The van der Waals surface area contributed by atoms with Crippen molar-refractivity contribution in [2.75, 3.05) is 13.2 Å². The molecule has 0 saturated heterocycles. The van der Waals surface area contributed by atoms with Gasteiger partial charge in [-0.15, -0.1) is 0 Å². The summed E-state index contributed by atoms with van der Waals surface area (Å²) in [7, 11) is 0. The monoisotopic (exact) mass is 384 g/mol. The van der Waals surface area contributed by atoms with E-state index in [9.17, 15) is 9.59 Å². The summed E-state index contributed by atoms with van der Waals surface area (Å²) in [6.45, 7) is 11.6. The van der Waals surface area contributed by atoms with Crippen LogP contribution in [0.2, 0.25) is 0 Å². The van der Waals surface area contributed by atoms with E-state index < -0.39 is 5.92 Å². The molecule has 0 bridgehead atoms. The summed E-state index contributed by atoms with van der Waals surface area (Å²) in [5.41, 5.74) is 0. The van der Waals surface area contributed by atoms with Gasteiger partial charge < -0.3 is 9.47 Å². The van der Waals surface area contributed by atoms with Crippen molar-refractivity contribution in [1.82, 2.24) is 0 Å². The first-order valence-corrected chi connectivity index (χ1v) is 11.1. The molecule has 0 aliphatic carbocycles. The fourth-order valence-corrected chi connectivity index (χ4v) is 2.91. The molecule has 0 radical (unpaired) electrons. The van der Waals surface area contributed by atoms with E-state index in [0.717, 1.165) is 37.5 Å². The van der Waals surface area contributed by atoms with Crippen LogP contribution in [0.15, 0.2) is 0 Å². The Morgan fingerprint density at radius 3 is 1.56 bits per heavy atom. The van der Waals surface area contributed by atoms with Crippen molar-refractivity contribution in [2.45, 2.75) is 105 Å². The number of hydrogen-bond donors (Lipinski definition) is 0. The van der Waals surface area contributed by atoms with E-state index >= 15 is 0 Å². The molecular formula is C23H44O4. The second-order valence-corrected chi connectivity index (χ2v) is 8.69. The van der Waals surface area contributed by atoms with Crippen molar-refractivity contribution in [3.8, 4) is 0 Å². The molecule has 0 heterocycles. The quantitative estimate of drug-likeness (QED) is 0.218. The maximum Gasteiger partial charge on any atom is 0.309 e. The largest absolute Gasteiger partial charge is 0.466 e. The fraction of sp³-hybridized carbons (Fsp3) is 0.913. The van der Waals surface area contributed by atoms with Gasteiger partial charge in [0.1, 0.15) is 0 Å². The SMILES string of the molecule is CC(C)CCCCCCOC(=O)CC(C)C(=O)OCCCCCCC(C)C. The first-order valence-electron chi connectivity index (χ1n) is 11.1. The molecule has 0 amide bonds. The first-order chi connectivity index (χ1) is 12.8. The van der Waals surface area contributed by atoms with Crippen molar-refractivity contribution >= 4 is 11.9 Å². The Morgan fingerprint density at radius 1 is 0.630 bits per heavy atom. The van der Waals surface area contributed by atoms with Gasteiger partial charge in [0.05, 0.1) is 25.6 Å². The number of hydrogen-bond acceptors (Lipinski definition) is 4. The summed E-state index contributed by atoms with van der Waals surface area (Å²) in [6, 6.07) is 0. The van der Waals surface area contributed by atoms with E-state index in [1.165, 1.54) is 38.5 Å². The van der Waals surface area contributed by atoms with E-state index in [0.29, 0.717) is 13.2 Å². The van der Waals surface area contributed by atoms with Gasteiger partial charge in [0, 0.05) is 0 Å². The van der Waals surface area contributed by atoms with Crippen LogP contribution in [0.5, 0.6) is 0 Å². The second-order valence-electron chi connectivity index (χ2n) is 8.69. The van der Waals surface area contributed by atoms with E-state index in [2.05, 4.69) is 27.7 Å². The molecule has 0 aromatic heterocycles. The Labute approximate surface area is 167 Å². The number of unbranched alkanes of at least 4 members (excludes halogenated alkanes) is 6. The molecule has 0 aromatic carbocycles. The summed E-state index contributed by atoms with van der Waals surface area (Å²) in [4.78, 5) is 23.7. The topological polar surface area (TPSA) is 52.6 Å². The molecule has 160 valence electrons. The Hall–Kier alpha value is -1.06. The average Bonchev–Trinajstić information content (AvgIpc) is 2.59. The predicted molar refractivity (Wildman–Crippen MR) is 112 cm³/mol. The zero-order chi connectivity index (χ0) is 20.5.